The second-order valence-corrected chi connectivity index (χ2v) is 7.69. The Kier molecular flexibility index (Phi) is 6.42. The van der Waals surface area contributed by atoms with Crippen LogP contribution < -0.4 is 10.6 Å². The molecule has 2 N–H and O–H groups in total. The minimum absolute atomic E-state index is 0.0294. The highest BCUT2D eigenvalue weighted by Crippen LogP contribution is 2.40. The molecule has 2 aliphatic rings. The summed E-state index contributed by atoms with van der Waals surface area (Å²) in [5.41, 5.74) is 0.287. The summed E-state index contributed by atoms with van der Waals surface area (Å²) in [6.45, 7) is 0.250. The number of hydrogen-bond acceptors (Lipinski definition) is 4. The standard InChI is InChI=1S/C20H27N3O4/c24-19(22-17-8-5-14-3-1-2-4-16(14)13-17)11-12-21-20(25)15-6-9-18(10-7-15)23(26)27/h6-7,9-10,14,16-17H,1-5,8,11-13H2,(H,21,25)(H,22,24)/t14-,16-,17+/m0/s1. The Hall–Kier alpha value is -2.44. The smallest absolute Gasteiger partial charge is 0.269 e. The minimum atomic E-state index is -0.507. The summed E-state index contributed by atoms with van der Waals surface area (Å²) in [6.07, 6.45) is 8.91. The van der Waals surface area contributed by atoms with Gasteiger partial charge in [-0.05, 0) is 43.2 Å². The van der Waals surface area contributed by atoms with Crippen molar-refractivity contribution in [1.29, 1.82) is 0 Å². The summed E-state index contributed by atoms with van der Waals surface area (Å²) in [5.74, 6) is 1.26. The second kappa shape index (κ2) is 8.97. The van der Waals surface area contributed by atoms with Gasteiger partial charge in [0.05, 0.1) is 4.92 Å². The van der Waals surface area contributed by atoms with Gasteiger partial charge in [-0.3, -0.25) is 19.7 Å². The van der Waals surface area contributed by atoms with Crippen LogP contribution in [0.25, 0.3) is 0 Å². The van der Waals surface area contributed by atoms with E-state index >= 15 is 0 Å². The van der Waals surface area contributed by atoms with Crippen molar-refractivity contribution in [2.24, 2.45) is 11.8 Å². The predicted molar refractivity (Wildman–Crippen MR) is 101 cm³/mol. The van der Waals surface area contributed by atoms with Gasteiger partial charge < -0.3 is 10.6 Å². The number of nitro groups is 1. The van der Waals surface area contributed by atoms with E-state index in [1.54, 1.807) is 0 Å². The average molecular weight is 373 g/mol. The van der Waals surface area contributed by atoms with Crippen molar-refractivity contribution in [3.63, 3.8) is 0 Å². The molecule has 2 aliphatic carbocycles. The van der Waals surface area contributed by atoms with E-state index in [0.29, 0.717) is 5.56 Å². The van der Waals surface area contributed by atoms with Crippen molar-refractivity contribution in [2.75, 3.05) is 6.54 Å². The van der Waals surface area contributed by atoms with Gasteiger partial charge >= 0.3 is 0 Å². The summed E-state index contributed by atoms with van der Waals surface area (Å²) in [6, 6.07) is 5.68. The van der Waals surface area contributed by atoms with Gasteiger partial charge in [-0.1, -0.05) is 25.7 Å². The largest absolute Gasteiger partial charge is 0.353 e. The third kappa shape index (κ3) is 5.28. The number of benzene rings is 1. The van der Waals surface area contributed by atoms with Gasteiger partial charge in [-0.2, -0.15) is 0 Å². The van der Waals surface area contributed by atoms with Crippen molar-refractivity contribution in [3.05, 3.63) is 39.9 Å². The maximum Gasteiger partial charge on any atom is 0.269 e. The van der Waals surface area contributed by atoms with Crippen molar-refractivity contribution in [1.82, 2.24) is 10.6 Å². The zero-order valence-electron chi connectivity index (χ0n) is 15.5. The lowest BCUT2D eigenvalue weighted by atomic mass is 9.69. The Morgan fingerprint density at radius 3 is 2.44 bits per heavy atom. The fourth-order valence-electron chi connectivity index (χ4n) is 4.43. The predicted octanol–water partition coefficient (Wildman–Crippen LogP) is 3.19. The first-order valence-electron chi connectivity index (χ1n) is 9.85. The third-order valence-corrected chi connectivity index (χ3v) is 5.88. The molecule has 1 aromatic carbocycles. The molecule has 3 rings (SSSR count). The summed E-state index contributed by atoms with van der Waals surface area (Å²) < 4.78 is 0. The molecule has 27 heavy (non-hydrogen) atoms. The number of amides is 2. The highest BCUT2D eigenvalue weighted by molar-refractivity contribution is 5.94. The van der Waals surface area contributed by atoms with Crippen molar-refractivity contribution < 1.29 is 14.5 Å². The third-order valence-electron chi connectivity index (χ3n) is 5.88. The van der Waals surface area contributed by atoms with E-state index in [0.717, 1.165) is 24.7 Å². The Balaban J connectivity index is 1.37. The first-order chi connectivity index (χ1) is 13.0. The van der Waals surface area contributed by atoms with Crippen LogP contribution in [0.15, 0.2) is 24.3 Å². The van der Waals surface area contributed by atoms with Gasteiger partial charge in [0.2, 0.25) is 5.91 Å². The molecule has 0 radical (unpaired) electrons. The molecule has 2 amide bonds. The molecule has 0 aromatic heterocycles. The fraction of sp³-hybridized carbons (Fsp3) is 0.600. The highest BCUT2D eigenvalue weighted by atomic mass is 16.6. The van der Waals surface area contributed by atoms with Crippen molar-refractivity contribution >= 4 is 17.5 Å². The maximum absolute atomic E-state index is 12.2. The number of nitro benzene ring substituents is 1. The van der Waals surface area contributed by atoms with E-state index in [1.807, 2.05) is 0 Å². The lowest BCUT2D eigenvalue weighted by Gasteiger charge is -2.39. The molecule has 0 aliphatic heterocycles. The number of nitrogens with one attached hydrogen (secondary N) is 2. The molecular weight excluding hydrogens is 346 g/mol. The monoisotopic (exact) mass is 373 g/mol. The van der Waals surface area contributed by atoms with E-state index in [2.05, 4.69) is 10.6 Å². The first-order valence-corrected chi connectivity index (χ1v) is 9.85. The van der Waals surface area contributed by atoms with Crippen LogP contribution in [-0.4, -0.2) is 29.3 Å². The molecule has 0 saturated heterocycles. The first kappa shape index (κ1) is 19.3. The molecule has 0 heterocycles. The number of hydrogen-bond donors (Lipinski definition) is 2. The highest BCUT2D eigenvalue weighted by Gasteiger charge is 2.32. The molecule has 7 heteroatoms. The lowest BCUT2D eigenvalue weighted by molar-refractivity contribution is -0.384. The Morgan fingerprint density at radius 2 is 1.74 bits per heavy atom. The van der Waals surface area contributed by atoms with Crippen LogP contribution in [0, 0.1) is 22.0 Å². The normalized spacial score (nSPS) is 24.5. The number of nitrogens with zero attached hydrogens (tertiary/aromatic N) is 1. The summed E-state index contributed by atoms with van der Waals surface area (Å²) in [4.78, 5) is 34.3. The summed E-state index contributed by atoms with van der Waals surface area (Å²) >= 11 is 0. The Morgan fingerprint density at radius 1 is 1.04 bits per heavy atom. The number of rotatable bonds is 6. The van der Waals surface area contributed by atoms with Gasteiger partial charge in [0.15, 0.2) is 0 Å². The second-order valence-electron chi connectivity index (χ2n) is 7.69. The van der Waals surface area contributed by atoms with E-state index < -0.39 is 4.92 Å². The minimum Gasteiger partial charge on any atom is -0.353 e. The van der Waals surface area contributed by atoms with Crippen LogP contribution in [0.4, 0.5) is 5.69 Å². The zero-order valence-corrected chi connectivity index (χ0v) is 15.5. The maximum atomic E-state index is 12.2. The van der Waals surface area contributed by atoms with Crippen LogP contribution in [0.2, 0.25) is 0 Å². The molecule has 0 unspecified atom stereocenters. The topological polar surface area (TPSA) is 101 Å². The van der Waals surface area contributed by atoms with Crippen molar-refractivity contribution in [2.45, 2.75) is 57.4 Å². The molecule has 1 aromatic rings. The SMILES string of the molecule is O=C(CCNC(=O)c1ccc([N+](=O)[O-])cc1)N[C@@H]1CC[C@@H]2CCCC[C@H]2C1. The molecule has 146 valence electrons. The van der Waals surface area contributed by atoms with Crippen LogP contribution >= 0.6 is 0 Å². The van der Waals surface area contributed by atoms with E-state index in [-0.39, 0.29) is 36.5 Å². The fourth-order valence-corrected chi connectivity index (χ4v) is 4.43. The van der Waals surface area contributed by atoms with E-state index in [4.69, 9.17) is 0 Å². The molecule has 2 fully saturated rings. The molecule has 3 atom stereocenters. The quantitative estimate of drug-likeness (QED) is 0.590. The number of carbonyl (C=O) groups excluding carboxylic acids is 2. The van der Waals surface area contributed by atoms with Crippen LogP contribution in [0.3, 0.4) is 0 Å². The summed E-state index contributed by atoms with van der Waals surface area (Å²) in [5, 5.41) is 16.4. The molecule has 0 bridgehead atoms. The van der Waals surface area contributed by atoms with E-state index in [9.17, 15) is 19.7 Å². The van der Waals surface area contributed by atoms with Crippen LogP contribution in [-0.2, 0) is 4.79 Å². The molecule has 2 saturated carbocycles. The number of fused-ring (bicyclic) bond motifs is 1. The van der Waals surface area contributed by atoms with Gasteiger partial charge in [0, 0.05) is 36.7 Å². The average Bonchev–Trinajstić information content (AvgIpc) is 2.68. The van der Waals surface area contributed by atoms with Gasteiger partial charge in [0.25, 0.3) is 11.6 Å². The molecule has 7 nitrogen and oxygen atoms in total. The number of carbonyl (C=O) groups is 2. The van der Waals surface area contributed by atoms with Crippen LogP contribution in [0.5, 0.6) is 0 Å². The van der Waals surface area contributed by atoms with Gasteiger partial charge in [0.1, 0.15) is 0 Å². The van der Waals surface area contributed by atoms with E-state index in [1.165, 1.54) is 56.4 Å². The van der Waals surface area contributed by atoms with Gasteiger partial charge in [-0.15, -0.1) is 0 Å². The summed E-state index contributed by atoms with van der Waals surface area (Å²) in [7, 11) is 0. The zero-order chi connectivity index (χ0) is 19.2. The van der Waals surface area contributed by atoms with Crippen molar-refractivity contribution in [3.8, 4) is 0 Å². The molecular formula is C20H27N3O4. The van der Waals surface area contributed by atoms with Crippen LogP contribution in [0.1, 0.15) is 61.7 Å². The molecule has 0 spiro atoms. The lowest BCUT2D eigenvalue weighted by Crippen LogP contribution is -2.42. The van der Waals surface area contributed by atoms with Gasteiger partial charge in [-0.25, -0.2) is 0 Å². The Bertz CT molecular complexity index is 689. The number of non-ortho nitro benzene ring substituents is 1. The Labute approximate surface area is 159 Å².